The number of anilines is 2. The molecule has 0 unspecified atom stereocenters. The lowest BCUT2D eigenvalue weighted by Crippen LogP contribution is -2.41. The van der Waals surface area contributed by atoms with Crippen LogP contribution in [0.4, 0.5) is 11.4 Å². The van der Waals surface area contributed by atoms with E-state index in [2.05, 4.69) is 37.7 Å². The van der Waals surface area contributed by atoms with E-state index in [-0.39, 0.29) is 23.8 Å². The van der Waals surface area contributed by atoms with Crippen molar-refractivity contribution in [3.8, 4) is 11.4 Å². The number of allylic oxidation sites excluding steroid dienone is 1. The summed E-state index contributed by atoms with van der Waals surface area (Å²) in [6, 6.07) is 9.96. The fraction of sp³-hybridized carbons (Fsp3) is 0.286. The zero-order chi connectivity index (χ0) is 19.3. The Bertz CT molecular complexity index is 1070. The average molecular weight is 374 g/mol. The summed E-state index contributed by atoms with van der Waals surface area (Å²) in [7, 11) is 1.89. The minimum absolute atomic E-state index is 0.000220. The maximum atomic E-state index is 12.0. The van der Waals surface area contributed by atoms with E-state index in [0.717, 1.165) is 34.7 Å². The zero-order valence-electron chi connectivity index (χ0n) is 15.5. The number of primary amides is 1. The number of nitrogens with two attached hydrogens (primary N) is 1. The van der Waals surface area contributed by atoms with Gasteiger partial charge in [-0.25, -0.2) is 9.97 Å². The standard InChI is InChI=1S/C21H22N6O/c1-23-14-6-4-11(5-7-14)20-26-18-15(8-9-24-21(18)27-20)25-17-13-3-2-12(10-13)16(17)19(22)28/h2-9,12-13,16-17,23H,10H2,1H3,(H2,22,28)(H2,24,25,26,27)/t12-,13+,16+,17-/m1/s1. The smallest absolute Gasteiger partial charge is 0.223 e. The van der Waals surface area contributed by atoms with Crippen molar-refractivity contribution in [2.75, 3.05) is 17.7 Å². The van der Waals surface area contributed by atoms with Crippen molar-refractivity contribution in [3.63, 3.8) is 0 Å². The second-order valence-electron chi connectivity index (χ2n) is 7.52. The lowest BCUT2D eigenvalue weighted by Gasteiger charge is -2.27. The van der Waals surface area contributed by atoms with E-state index in [1.807, 2.05) is 37.4 Å². The van der Waals surface area contributed by atoms with Crippen LogP contribution >= 0.6 is 0 Å². The number of aromatic amines is 1. The van der Waals surface area contributed by atoms with Gasteiger partial charge in [0, 0.05) is 30.5 Å². The molecule has 1 amide bonds. The molecule has 0 spiro atoms. The molecule has 2 aromatic heterocycles. The number of rotatable bonds is 5. The Morgan fingerprint density at radius 2 is 1.96 bits per heavy atom. The lowest BCUT2D eigenvalue weighted by atomic mass is 9.88. The second kappa shape index (κ2) is 6.37. The molecular weight excluding hydrogens is 352 g/mol. The predicted molar refractivity (Wildman–Crippen MR) is 110 cm³/mol. The number of amides is 1. The molecule has 7 nitrogen and oxygen atoms in total. The van der Waals surface area contributed by atoms with Gasteiger partial charge in [0.2, 0.25) is 5.91 Å². The number of fused-ring (bicyclic) bond motifs is 3. The van der Waals surface area contributed by atoms with Crippen LogP contribution in [0, 0.1) is 17.8 Å². The maximum absolute atomic E-state index is 12.0. The highest BCUT2D eigenvalue weighted by atomic mass is 16.1. The monoisotopic (exact) mass is 374 g/mol. The van der Waals surface area contributed by atoms with Crippen molar-refractivity contribution in [2.24, 2.45) is 23.5 Å². The van der Waals surface area contributed by atoms with Crippen LogP contribution in [0.3, 0.4) is 0 Å². The number of nitrogens with one attached hydrogen (secondary N) is 3. The molecular formula is C21H22N6O. The number of benzene rings is 1. The highest BCUT2D eigenvalue weighted by Gasteiger charge is 2.47. The second-order valence-corrected chi connectivity index (χ2v) is 7.52. The third-order valence-electron chi connectivity index (χ3n) is 5.95. The third-order valence-corrected chi connectivity index (χ3v) is 5.95. The number of nitrogens with zero attached hydrogens (tertiary/aromatic N) is 2. The van der Waals surface area contributed by atoms with Crippen LogP contribution < -0.4 is 16.4 Å². The summed E-state index contributed by atoms with van der Waals surface area (Å²) in [5.41, 5.74) is 10.1. The SMILES string of the molecule is CNc1ccc(-c2nc3nccc(N[C@H]4[C@@H](C(N)=O)[C@@H]5C=C[C@H]4C5)c3[nH]2)cc1. The van der Waals surface area contributed by atoms with Crippen LogP contribution in [0.2, 0.25) is 0 Å². The molecule has 2 bridgehead atoms. The molecule has 0 aliphatic heterocycles. The predicted octanol–water partition coefficient (Wildman–Crippen LogP) is 2.75. The summed E-state index contributed by atoms with van der Waals surface area (Å²) in [5, 5.41) is 6.67. The van der Waals surface area contributed by atoms with Crippen LogP contribution in [-0.4, -0.2) is 33.9 Å². The number of aromatic nitrogens is 3. The highest BCUT2D eigenvalue weighted by molar-refractivity contribution is 5.88. The van der Waals surface area contributed by atoms with E-state index in [1.54, 1.807) is 6.20 Å². The van der Waals surface area contributed by atoms with E-state index >= 15 is 0 Å². The number of pyridine rings is 1. The Kier molecular flexibility index (Phi) is 3.82. The first-order chi connectivity index (χ1) is 13.6. The molecule has 0 radical (unpaired) electrons. The number of carbonyl (C=O) groups excluding carboxylic acids is 1. The number of imidazole rings is 1. The van der Waals surface area contributed by atoms with E-state index in [4.69, 9.17) is 5.73 Å². The Morgan fingerprint density at radius 1 is 1.18 bits per heavy atom. The van der Waals surface area contributed by atoms with Crippen molar-refractivity contribution >= 4 is 28.4 Å². The Hall–Kier alpha value is -3.35. The van der Waals surface area contributed by atoms with Gasteiger partial charge in [-0.1, -0.05) is 12.2 Å². The van der Waals surface area contributed by atoms with Gasteiger partial charge < -0.3 is 21.4 Å². The summed E-state index contributed by atoms with van der Waals surface area (Å²) in [4.78, 5) is 24.4. The quantitative estimate of drug-likeness (QED) is 0.514. The van der Waals surface area contributed by atoms with E-state index in [0.29, 0.717) is 11.6 Å². The molecule has 2 aliphatic rings. The fourth-order valence-corrected chi connectivity index (χ4v) is 4.55. The van der Waals surface area contributed by atoms with Gasteiger partial charge in [0.15, 0.2) is 5.65 Å². The molecule has 1 aromatic carbocycles. The van der Waals surface area contributed by atoms with Gasteiger partial charge in [0.25, 0.3) is 0 Å². The Labute approximate surface area is 162 Å². The first-order valence-corrected chi connectivity index (χ1v) is 9.51. The summed E-state index contributed by atoms with van der Waals surface area (Å²) in [6.45, 7) is 0. The van der Waals surface area contributed by atoms with E-state index in [1.165, 1.54) is 0 Å². The molecule has 3 aromatic rings. The van der Waals surface area contributed by atoms with Gasteiger partial charge in [-0.2, -0.15) is 0 Å². The van der Waals surface area contributed by atoms with Crippen LogP contribution in [0.1, 0.15) is 6.42 Å². The topological polar surface area (TPSA) is 109 Å². The number of H-pyrrole nitrogens is 1. The molecule has 28 heavy (non-hydrogen) atoms. The average Bonchev–Trinajstić information content (AvgIpc) is 3.42. The van der Waals surface area contributed by atoms with Crippen LogP contribution in [0.15, 0.2) is 48.7 Å². The van der Waals surface area contributed by atoms with E-state index < -0.39 is 0 Å². The van der Waals surface area contributed by atoms with Crippen molar-refractivity contribution in [2.45, 2.75) is 12.5 Å². The number of carbonyl (C=O) groups is 1. The fourth-order valence-electron chi connectivity index (χ4n) is 4.55. The first-order valence-electron chi connectivity index (χ1n) is 9.51. The van der Waals surface area contributed by atoms with Crippen molar-refractivity contribution < 1.29 is 4.79 Å². The number of hydrogen-bond donors (Lipinski definition) is 4. The third kappa shape index (κ3) is 2.62. The molecule has 0 saturated heterocycles. The molecule has 2 aliphatic carbocycles. The van der Waals surface area contributed by atoms with Crippen LogP contribution in [-0.2, 0) is 4.79 Å². The normalized spacial score (nSPS) is 25.3. The highest BCUT2D eigenvalue weighted by Crippen LogP contribution is 2.45. The summed E-state index contributed by atoms with van der Waals surface area (Å²) in [5.74, 6) is 0.894. The van der Waals surface area contributed by atoms with Gasteiger partial charge in [0.1, 0.15) is 11.3 Å². The maximum Gasteiger partial charge on any atom is 0.223 e. The minimum Gasteiger partial charge on any atom is -0.388 e. The Balaban J connectivity index is 1.49. The Morgan fingerprint density at radius 3 is 2.71 bits per heavy atom. The summed E-state index contributed by atoms with van der Waals surface area (Å²) < 4.78 is 0. The first kappa shape index (κ1) is 16.8. The largest absolute Gasteiger partial charge is 0.388 e. The minimum atomic E-state index is -0.241. The molecule has 1 fully saturated rings. The van der Waals surface area contributed by atoms with Crippen molar-refractivity contribution in [1.29, 1.82) is 0 Å². The van der Waals surface area contributed by atoms with Crippen molar-refractivity contribution in [1.82, 2.24) is 15.0 Å². The van der Waals surface area contributed by atoms with Crippen molar-refractivity contribution in [3.05, 3.63) is 48.7 Å². The lowest BCUT2D eigenvalue weighted by molar-refractivity contribution is -0.122. The molecule has 5 N–H and O–H groups in total. The zero-order valence-corrected chi connectivity index (χ0v) is 15.5. The van der Waals surface area contributed by atoms with Gasteiger partial charge >= 0.3 is 0 Å². The molecule has 5 rings (SSSR count). The number of hydrogen-bond acceptors (Lipinski definition) is 5. The molecule has 7 heteroatoms. The van der Waals surface area contributed by atoms with Crippen LogP contribution in [0.5, 0.6) is 0 Å². The van der Waals surface area contributed by atoms with Gasteiger partial charge in [-0.3, -0.25) is 4.79 Å². The summed E-state index contributed by atoms with van der Waals surface area (Å²) >= 11 is 0. The molecule has 142 valence electrons. The van der Waals surface area contributed by atoms with Gasteiger partial charge in [-0.15, -0.1) is 0 Å². The van der Waals surface area contributed by atoms with Gasteiger partial charge in [-0.05, 0) is 48.6 Å². The molecule has 2 heterocycles. The summed E-state index contributed by atoms with van der Waals surface area (Å²) in [6.07, 6.45) is 7.04. The molecule has 4 atom stereocenters. The van der Waals surface area contributed by atoms with Gasteiger partial charge in [0.05, 0.1) is 11.6 Å². The van der Waals surface area contributed by atoms with Crippen LogP contribution in [0.25, 0.3) is 22.6 Å². The molecule has 1 saturated carbocycles. The van der Waals surface area contributed by atoms with E-state index in [9.17, 15) is 4.79 Å².